The van der Waals surface area contributed by atoms with Gasteiger partial charge in [0.15, 0.2) is 11.5 Å². The number of nitrogens with one attached hydrogen (secondary N) is 1. The van der Waals surface area contributed by atoms with Gasteiger partial charge in [0.05, 0.1) is 22.9 Å². The van der Waals surface area contributed by atoms with Crippen molar-refractivity contribution in [1.29, 1.82) is 0 Å². The summed E-state index contributed by atoms with van der Waals surface area (Å²) in [5.41, 5.74) is 3.21. The highest BCUT2D eigenvalue weighted by molar-refractivity contribution is 5.91. The minimum absolute atomic E-state index is 0.199. The second-order valence-corrected chi connectivity index (χ2v) is 5.81. The number of para-hydroxylation sites is 2. The number of fused-ring (bicyclic) bond motifs is 2. The lowest BCUT2D eigenvalue weighted by atomic mass is 10.2. The first-order chi connectivity index (χ1) is 12.8. The molecule has 0 bridgehead atoms. The van der Waals surface area contributed by atoms with E-state index in [2.05, 4.69) is 15.3 Å². The van der Waals surface area contributed by atoms with E-state index in [1.165, 1.54) is 6.08 Å². The Morgan fingerprint density at radius 2 is 1.88 bits per heavy atom. The summed E-state index contributed by atoms with van der Waals surface area (Å²) in [6, 6.07) is 13.3. The van der Waals surface area contributed by atoms with E-state index in [4.69, 9.17) is 9.47 Å². The molecular formula is C20H17N3O3. The Balaban J connectivity index is 1.38. The maximum Gasteiger partial charge on any atom is 0.244 e. The summed E-state index contributed by atoms with van der Waals surface area (Å²) in [6.07, 6.45) is 4.75. The normalized spacial score (nSPS) is 13.1. The van der Waals surface area contributed by atoms with E-state index >= 15 is 0 Å². The van der Waals surface area contributed by atoms with Gasteiger partial charge in [-0.05, 0) is 35.9 Å². The standard InChI is InChI=1S/C20H17N3O3/c24-20(8-6-15-13-21-16-3-1-2-4-17(16)23-15)22-12-14-5-7-18-19(11-14)26-10-9-25-18/h1-8,11,13H,9-10,12H2,(H,22,24)/b8-6+. The van der Waals surface area contributed by atoms with Crippen LogP contribution in [0.25, 0.3) is 17.1 Å². The van der Waals surface area contributed by atoms with Crippen molar-refractivity contribution in [2.24, 2.45) is 0 Å². The molecule has 26 heavy (non-hydrogen) atoms. The van der Waals surface area contributed by atoms with Crippen molar-refractivity contribution in [3.63, 3.8) is 0 Å². The smallest absolute Gasteiger partial charge is 0.244 e. The number of nitrogens with zero attached hydrogens (tertiary/aromatic N) is 2. The molecule has 0 fully saturated rings. The number of amides is 1. The topological polar surface area (TPSA) is 73.3 Å². The van der Waals surface area contributed by atoms with Crippen LogP contribution in [0.2, 0.25) is 0 Å². The minimum atomic E-state index is -0.199. The van der Waals surface area contributed by atoms with Crippen LogP contribution in [0.3, 0.4) is 0 Å². The fourth-order valence-electron chi connectivity index (χ4n) is 2.66. The third-order valence-corrected chi connectivity index (χ3v) is 3.95. The number of hydrogen-bond donors (Lipinski definition) is 1. The molecule has 2 aromatic carbocycles. The van der Waals surface area contributed by atoms with E-state index in [1.54, 1.807) is 12.3 Å². The van der Waals surface area contributed by atoms with Crippen molar-refractivity contribution in [1.82, 2.24) is 15.3 Å². The first-order valence-corrected chi connectivity index (χ1v) is 8.34. The summed E-state index contributed by atoms with van der Waals surface area (Å²) in [5, 5.41) is 2.84. The Morgan fingerprint density at radius 1 is 1.08 bits per heavy atom. The van der Waals surface area contributed by atoms with Crippen molar-refractivity contribution in [3.05, 3.63) is 66.0 Å². The van der Waals surface area contributed by atoms with Crippen LogP contribution in [0.1, 0.15) is 11.3 Å². The lowest BCUT2D eigenvalue weighted by Crippen LogP contribution is -2.21. The van der Waals surface area contributed by atoms with Gasteiger partial charge in [0, 0.05) is 12.6 Å². The van der Waals surface area contributed by atoms with Gasteiger partial charge in [0.1, 0.15) is 13.2 Å². The molecule has 4 rings (SSSR count). The molecule has 1 aliphatic rings. The zero-order valence-corrected chi connectivity index (χ0v) is 14.0. The summed E-state index contributed by atoms with van der Waals surface area (Å²) in [4.78, 5) is 20.8. The average molecular weight is 347 g/mol. The van der Waals surface area contributed by atoms with E-state index < -0.39 is 0 Å². The maximum atomic E-state index is 12.0. The first kappa shape index (κ1) is 16.1. The van der Waals surface area contributed by atoms with E-state index in [9.17, 15) is 4.79 Å². The molecule has 1 N–H and O–H groups in total. The number of hydrogen-bond acceptors (Lipinski definition) is 5. The van der Waals surface area contributed by atoms with E-state index in [0.717, 1.165) is 22.3 Å². The summed E-state index contributed by atoms with van der Waals surface area (Å²) >= 11 is 0. The predicted octanol–water partition coefficient (Wildman–Crippen LogP) is 2.73. The Morgan fingerprint density at radius 3 is 2.77 bits per heavy atom. The monoisotopic (exact) mass is 347 g/mol. The Hall–Kier alpha value is -3.41. The van der Waals surface area contributed by atoms with Crippen molar-refractivity contribution >= 4 is 23.0 Å². The molecular weight excluding hydrogens is 330 g/mol. The van der Waals surface area contributed by atoms with Crippen molar-refractivity contribution in [2.75, 3.05) is 13.2 Å². The zero-order valence-electron chi connectivity index (χ0n) is 14.0. The molecule has 0 unspecified atom stereocenters. The van der Waals surface area contributed by atoms with Crippen molar-refractivity contribution < 1.29 is 14.3 Å². The van der Waals surface area contributed by atoms with Crippen LogP contribution < -0.4 is 14.8 Å². The maximum absolute atomic E-state index is 12.0. The second-order valence-electron chi connectivity index (χ2n) is 5.81. The van der Waals surface area contributed by atoms with Crippen LogP contribution in [-0.2, 0) is 11.3 Å². The van der Waals surface area contributed by atoms with E-state index in [-0.39, 0.29) is 5.91 Å². The molecule has 0 saturated carbocycles. The fourth-order valence-corrected chi connectivity index (χ4v) is 2.66. The first-order valence-electron chi connectivity index (χ1n) is 8.34. The van der Waals surface area contributed by atoms with Gasteiger partial charge >= 0.3 is 0 Å². The lowest BCUT2D eigenvalue weighted by Gasteiger charge is -2.18. The summed E-state index contributed by atoms with van der Waals surface area (Å²) < 4.78 is 11.0. The second kappa shape index (κ2) is 7.23. The highest BCUT2D eigenvalue weighted by atomic mass is 16.6. The van der Waals surface area contributed by atoms with Crippen molar-refractivity contribution in [2.45, 2.75) is 6.54 Å². The number of carbonyl (C=O) groups is 1. The van der Waals surface area contributed by atoms with Crippen LogP contribution in [0.4, 0.5) is 0 Å². The molecule has 6 heteroatoms. The Bertz CT molecular complexity index is 985. The fraction of sp³-hybridized carbons (Fsp3) is 0.150. The van der Waals surface area contributed by atoms with Gasteiger partial charge in [-0.1, -0.05) is 18.2 Å². The molecule has 1 aromatic heterocycles. The number of rotatable bonds is 4. The molecule has 1 aliphatic heterocycles. The van der Waals surface area contributed by atoms with Crippen LogP contribution in [0.15, 0.2) is 54.7 Å². The van der Waals surface area contributed by atoms with Crippen LogP contribution >= 0.6 is 0 Å². The van der Waals surface area contributed by atoms with Gasteiger partial charge in [0.25, 0.3) is 0 Å². The summed E-state index contributed by atoms with van der Waals surface area (Å²) in [7, 11) is 0. The van der Waals surface area contributed by atoms with Crippen molar-refractivity contribution in [3.8, 4) is 11.5 Å². The van der Waals surface area contributed by atoms with E-state index in [0.29, 0.717) is 31.2 Å². The van der Waals surface area contributed by atoms with Gasteiger partial charge in [-0.2, -0.15) is 0 Å². The zero-order chi connectivity index (χ0) is 17.8. The Kier molecular flexibility index (Phi) is 4.47. The molecule has 0 saturated heterocycles. The molecule has 2 heterocycles. The molecule has 130 valence electrons. The van der Waals surface area contributed by atoms with Gasteiger partial charge in [-0.3, -0.25) is 9.78 Å². The molecule has 1 amide bonds. The molecule has 3 aromatic rings. The summed E-state index contributed by atoms with van der Waals surface area (Å²) in [6.45, 7) is 1.51. The van der Waals surface area contributed by atoms with E-state index in [1.807, 2.05) is 42.5 Å². The van der Waals surface area contributed by atoms with Gasteiger partial charge in [0.2, 0.25) is 5.91 Å². The number of ether oxygens (including phenoxy) is 2. The molecule has 0 atom stereocenters. The molecule has 6 nitrogen and oxygen atoms in total. The van der Waals surface area contributed by atoms with Crippen LogP contribution in [0.5, 0.6) is 11.5 Å². The highest BCUT2D eigenvalue weighted by Gasteiger charge is 2.11. The molecule has 0 aliphatic carbocycles. The Labute approximate surface area is 150 Å². The predicted molar refractivity (Wildman–Crippen MR) is 97.9 cm³/mol. The average Bonchev–Trinajstić information content (AvgIpc) is 2.70. The molecule has 0 spiro atoms. The number of carbonyl (C=O) groups excluding carboxylic acids is 1. The largest absolute Gasteiger partial charge is 0.486 e. The number of aromatic nitrogens is 2. The van der Waals surface area contributed by atoms with Gasteiger partial charge in [-0.15, -0.1) is 0 Å². The third kappa shape index (κ3) is 3.64. The minimum Gasteiger partial charge on any atom is -0.486 e. The van der Waals surface area contributed by atoms with Gasteiger partial charge in [-0.25, -0.2) is 4.98 Å². The molecule has 0 radical (unpaired) electrons. The van der Waals surface area contributed by atoms with Gasteiger partial charge < -0.3 is 14.8 Å². The number of benzene rings is 2. The quantitative estimate of drug-likeness (QED) is 0.735. The van der Waals surface area contributed by atoms with Crippen LogP contribution in [-0.4, -0.2) is 29.1 Å². The third-order valence-electron chi connectivity index (χ3n) is 3.95. The highest BCUT2D eigenvalue weighted by Crippen LogP contribution is 2.30. The summed E-state index contributed by atoms with van der Waals surface area (Å²) in [5.74, 6) is 1.25. The SMILES string of the molecule is O=C(/C=C/c1cnc2ccccc2n1)NCc1ccc2c(c1)OCCO2. The van der Waals surface area contributed by atoms with Crippen LogP contribution in [0, 0.1) is 0 Å². The lowest BCUT2D eigenvalue weighted by molar-refractivity contribution is -0.116.